The normalized spacial score (nSPS) is 14.7. The van der Waals surface area contributed by atoms with Gasteiger partial charge in [-0.15, -0.1) is 0 Å². The molecule has 1 aliphatic rings. The van der Waals surface area contributed by atoms with Crippen LogP contribution in [0, 0.1) is 5.82 Å². The molecule has 0 unspecified atom stereocenters. The maximum atomic E-state index is 13.0. The maximum absolute atomic E-state index is 13.0. The number of cyclic esters (lactones) is 1. The van der Waals surface area contributed by atoms with Crippen molar-refractivity contribution in [3.8, 4) is 11.5 Å². The predicted octanol–water partition coefficient (Wildman–Crippen LogP) is 3.87. The Hall–Kier alpha value is -3.00. The molecule has 1 heterocycles. The average molecular weight is 434 g/mol. The lowest BCUT2D eigenvalue weighted by Crippen LogP contribution is -2.05. The second-order valence-corrected chi connectivity index (χ2v) is 6.33. The standard InChI is InChI=1S/C19H13BrFNO5/c1-10(23)26-17-14(20)7-11(9-16(17)25-2)8-15-19(24)27-18(22-15)12-3-5-13(21)6-4-12/h3-9H,1-2H3. The topological polar surface area (TPSA) is 74.2 Å². The van der Waals surface area contributed by atoms with E-state index in [4.69, 9.17) is 14.2 Å². The zero-order valence-electron chi connectivity index (χ0n) is 14.3. The zero-order chi connectivity index (χ0) is 19.6. The highest BCUT2D eigenvalue weighted by Gasteiger charge is 2.24. The Morgan fingerprint density at radius 2 is 1.96 bits per heavy atom. The molecule has 0 bridgehead atoms. The molecule has 3 rings (SSSR count). The molecule has 0 radical (unpaired) electrons. The van der Waals surface area contributed by atoms with E-state index in [0.29, 0.717) is 21.3 Å². The number of carbonyl (C=O) groups is 2. The molecule has 1 aliphatic heterocycles. The quantitative estimate of drug-likeness (QED) is 0.415. The summed E-state index contributed by atoms with van der Waals surface area (Å²) in [5, 5.41) is 0. The van der Waals surface area contributed by atoms with Crippen LogP contribution in [0.25, 0.3) is 6.08 Å². The lowest BCUT2D eigenvalue weighted by atomic mass is 10.1. The summed E-state index contributed by atoms with van der Waals surface area (Å²) in [6.45, 7) is 1.28. The van der Waals surface area contributed by atoms with Gasteiger partial charge in [0.1, 0.15) is 5.82 Å². The van der Waals surface area contributed by atoms with Gasteiger partial charge in [-0.1, -0.05) is 0 Å². The summed E-state index contributed by atoms with van der Waals surface area (Å²) >= 11 is 3.31. The van der Waals surface area contributed by atoms with Gasteiger partial charge in [0.2, 0.25) is 5.90 Å². The van der Waals surface area contributed by atoms with Crippen LogP contribution in [0.15, 0.2) is 51.6 Å². The second-order valence-electron chi connectivity index (χ2n) is 5.47. The van der Waals surface area contributed by atoms with Crippen LogP contribution >= 0.6 is 15.9 Å². The Labute approximate surface area is 162 Å². The summed E-state index contributed by atoms with van der Waals surface area (Å²) in [4.78, 5) is 27.5. The fraction of sp³-hybridized carbons (Fsp3) is 0.105. The molecule has 27 heavy (non-hydrogen) atoms. The Balaban J connectivity index is 1.96. The van der Waals surface area contributed by atoms with Crippen LogP contribution in [0.4, 0.5) is 4.39 Å². The molecule has 0 saturated heterocycles. The van der Waals surface area contributed by atoms with Crippen molar-refractivity contribution in [2.24, 2.45) is 4.99 Å². The van der Waals surface area contributed by atoms with Crippen molar-refractivity contribution in [3.05, 3.63) is 63.5 Å². The van der Waals surface area contributed by atoms with Crippen LogP contribution < -0.4 is 9.47 Å². The van der Waals surface area contributed by atoms with Gasteiger partial charge in [0.05, 0.1) is 11.6 Å². The van der Waals surface area contributed by atoms with Crippen LogP contribution in [0.5, 0.6) is 11.5 Å². The summed E-state index contributed by atoms with van der Waals surface area (Å²) < 4.78 is 29.0. The molecule has 0 aromatic heterocycles. The van der Waals surface area contributed by atoms with Gasteiger partial charge in [-0.2, -0.15) is 0 Å². The van der Waals surface area contributed by atoms with Gasteiger partial charge in [-0.3, -0.25) is 4.79 Å². The van der Waals surface area contributed by atoms with Gasteiger partial charge in [0.15, 0.2) is 17.2 Å². The largest absolute Gasteiger partial charge is 0.493 e. The van der Waals surface area contributed by atoms with Crippen molar-refractivity contribution >= 4 is 39.8 Å². The third-order valence-corrected chi connectivity index (χ3v) is 4.10. The summed E-state index contributed by atoms with van der Waals surface area (Å²) in [6.07, 6.45) is 1.50. The van der Waals surface area contributed by atoms with E-state index in [0.717, 1.165) is 0 Å². The van der Waals surface area contributed by atoms with E-state index in [1.165, 1.54) is 44.4 Å². The maximum Gasteiger partial charge on any atom is 0.363 e. The average Bonchev–Trinajstić information content (AvgIpc) is 2.98. The zero-order valence-corrected chi connectivity index (χ0v) is 15.9. The van der Waals surface area contributed by atoms with Crippen LogP contribution in [-0.4, -0.2) is 24.9 Å². The highest BCUT2D eigenvalue weighted by Crippen LogP contribution is 2.37. The highest BCUT2D eigenvalue weighted by atomic mass is 79.9. The van der Waals surface area contributed by atoms with Crippen molar-refractivity contribution in [1.82, 2.24) is 0 Å². The van der Waals surface area contributed by atoms with E-state index >= 15 is 0 Å². The van der Waals surface area contributed by atoms with Gasteiger partial charge in [0, 0.05) is 12.5 Å². The molecule has 0 amide bonds. The van der Waals surface area contributed by atoms with E-state index in [1.54, 1.807) is 12.1 Å². The fourth-order valence-electron chi connectivity index (χ4n) is 2.35. The van der Waals surface area contributed by atoms with Gasteiger partial charge in [-0.25, -0.2) is 14.2 Å². The van der Waals surface area contributed by atoms with Gasteiger partial charge < -0.3 is 14.2 Å². The molecule has 0 aliphatic carbocycles. The lowest BCUT2D eigenvalue weighted by molar-refractivity contribution is -0.132. The Kier molecular flexibility index (Phi) is 5.36. The van der Waals surface area contributed by atoms with Crippen molar-refractivity contribution < 1.29 is 28.2 Å². The third kappa shape index (κ3) is 4.22. The Morgan fingerprint density at radius 3 is 2.59 bits per heavy atom. The third-order valence-electron chi connectivity index (χ3n) is 3.51. The molecule has 8 heteroatoms. The number of carbonyl (C=O) groups excluding carboxylic acids is 2. The summed E-state index contributed by atoms with van der Waals surface area (Å²) in [5.74, 6) is -0.892. The first kappa shape index (κ1) is 18.8. The molecular weight excluding hydrogens is 421 g/mol. The number of rotatable bonds is 4. The van der Waals surface area contributed by atoms with E-state index in [9.17, 15) is 14.0 Å². The van der Waals surface area contributed by atoms with Crippen molar-refractivity contribution in [1.29, 1.82) is 0 Å². The van der Waals surface area contributed by atoms with E-state index in [1.807, 2.05) is 0 Å². The fourth-order valence-corrected chi connectivity index (χ4v) is 2.89. The molecule has 0 atom stereocenters. The minimum absolute atomic E-state index is 0.0727. The minimum atomic E-state index is -0.631. The smallest absolute Gasteiger partial charge is 0.363 e. The molecular formula is C19H13BrFNO5. The van der Waals surface area contributed by atoms with E-state index in [2.05, 4.69) is 20.9 Å². The van der Waals surface area contributed by atoms with Crippen molar-refractivity contribution in [3.63, 3.8) is 0 Å². The monoisotopic (exact) mass is 433 g/mol. The Bertz CT molecular complexity index is 982. The Morgan fingerprint density at radius 1 is 1.26 bits per heavy atom. The van der Waals surface area contributed by atoms with Crippen LogP contribution in [0.2, 0.25) is 0 Å². The number of aliphatic imine (C=N–C) groups is 1. The van der Waals surface area contributed by atoms with Crippen LogP contribution in [0.3, 0.4) is 0 Å². The summed E-state index contributed by atoms with van der Waals surface area (Å²) in [5.41, 5.74) is 1.13. The number of halogens is 2. The SMILES string of the molecule is COc1cc(C=C2N=C(c3ccc(F)cc3)OC2=O)cc(Br)c1OC(C)=O. The lowest BCUT2D eigenvalue weighted by Gasteiger charge is -2.11. The molecule has 138 valence electrons. The number of benzene rings is 2. The molecule has 0 N–H and O–H groups in total. The molecule has 0 fully saturated rings. The number of esters is 2. The van der Waals surface area contributed by atoms with Crippen molar-refractivity contribution in [2.75, 3.05) is 7.11 Å². The number of methoxy groups -OCH3 is 1. The van der Waals surface area contributed by atoms with E-state index < -0.39 is 17.8 Å². The molecule has 2 aromatic rings. The van der Waals surface area contributed by atoms with Crippen LogP contribution in [0.1, 0.15) is 18.1 Å². The highest BCUT2D eigenvalue weighted by molar-refractivity contribution is 9.10. The molecule has 0 spiro atoms. The van der Waals surface area contributed by atoms with Gasteiger partial charge in [0.25, 0.3) is 0 Å². The van der Waals surface area contributed by atoms with E-state index in [-0.39, 0.29) is 17.3 Å². The first-order chi connectivity index (χ1) is 12.9. The van der Waals surface area contributed by atoms with Crippen molar-refractivity contribution in [2.45, 2.75) is 6.92 Å². The first-order valence-electron chi connectivity index (χ1n) is 7.72. The summed E-state index contributed by atoms with van der Waals surface area (Å²) in [7, 11) is 1.43. The predicted molar refractivity (Wildman–Crippen MR) is 99.0 cm³/mol. The van der Waals surface area contributed by atoms with Gasteiger partial charge >= 0.3 is 11.9 Å². The van der Waals surface area contributed by atoms with Gasteiger partial charge in [-0.05, 0) is 64.0 Å². The van der Waals surface area contributed by atoms with Crippen LogP contribution in [-0.2, 0) is 14.3 Å². The molecule has 6 nitrogen and oxygen atoms in total. The molecule has 2 aromatic carbocycles. The summed E-state index contributed by atoms with van der Waals surface area (Å²) in [6, 6.07) is 8.68. The number of hydrogen-bond acceptors (Lipinski definition) is 6. The first-order valence-corrected chi connectivity index (χ1v) is 8.51. The second kappa shape index (κ2) is 7.71. The minimum Gasteiger partial charge on any atom is -0.493 e. The molecule has 0 saturated carbocycles. The number of nitrogens with zero attached hydrogens (tertiary/aromatic N) is 1. The number of hydrogen-bond donors (Lipinski definition) is 0. The number of ether oxygens (including phenoxy) is 3.